The first-order chi connectivity index (χ1) is 19.1. The van der Waals surface area contributed by atoms with Crippen molar-refractivity contribution in [3.63, 3.8) is 0 Å². The Bertz CT molecular complexity index is 1210. The highest BCUT2D eigenvalue weighted by atomic mass is 19.1. The second-order valence-electron chi connectivity index (χ2n) is 10.1. The Kier molecular flexibility index (Phi) is 10.9. The van der Waals surface area contributed by atoms with Gasteiger partial charge in [0.1, 0.15) is 31.0 Å². The van der Waals surface area contributed by atoms with Crippen LogP contribution in [0.2, 0.25) is 0 Å². The molecule has 4 amide bonds. The first kappa shape index (κ1) is 30.4. The van der Waals surface area contributed by atoms with E-state index in [9.17, 15) is 23.6 Å². The summed E-state index contributed by atoms with van der Waals surface area (Å²) in [5.74, 6) is -2.02. The Morgan fingerprint density at radius 3 is 2.55 bits per heavy atom. The van der Waals surface area contributed by atoms with Gasteiger partial charge in [-0.25, -0.2) is 4.39 Å². The summed E-state index contributed by atoms with van der Waals surface area (Å²) in [5.41, 5.74) is 0.190. The predicted octanol–water partition coefficient (Wildman–Crippen LogP) is 2.23. The molecule has 10 nitrogen and oxygen atoms in total. The number of hydrogen-bond donors (Lipinski definition) is 2. The van der Waals surface area contributed by atoms with E-state index < -0.39 is 42.0 Å². The molecule has 2 N–H and O–H groups in total. The average molecular weight is 557 g/mol. The van der Waals surface area contributed by atoms with E-state index in [0.29, 0.717) is 12.2 Å². The minimum Gasteiger partial charge on any atom is -0.491 e. The van der Waals surface area contributed by atoms with Gasteiger partial charge in [0, 0.05) is 14.1 Å². The van der Waals surface area contributed by atoms with Gasteiger partial charge in [0.25, 0.3) is 5.91 Å². The summed E-state index contributed by atoms with van der Waals surface area (Å²) in [5, 5.41) is 5.42. The minimum absolute atomic E-state index is 0.00991. The number of benzene rings is 2. The third-order valence-corrected chi connectivity index (χ3v) is 6.42. The van der Waals surface area contributed by atoms with Gasteiger partial charge in [-0.1, -0.05) is 38.1 Å². The van der Waals surface area contributed by atoms with Gasteiger partial charge in [-0.2, -0.15) is 0 Å². The molecule has 1 heterocycles. The molecule has 11 heteroatoms. The quantitative estimate of drug-likeness (QED) is 0.540. The summed E-state index contributed by atoms with van der Waals surface area (Å²) in [6.07, 6.45) is 0.00849. The first-order valence-electron chi connectivity index (χ1n) is 13.3. The molecule has 0 spiro atoms. The van der Waals surface area contributed by atoms with Crippen molar-refractivity contribution in [1.82, 2.24) is 20.4 Å². The molecule has 0 unspecified atom stereocenters. The van der Waals surface area contributed by atoms with Crippen molar-refractivity contribution >= 4 is 23.6 Å². The van der Waals surface area contributed by atoms with Crippen molar-refractivity contribution in [2.45, 2.75) is 38.8 Å². The van der Waals surface area contributed by atoms with E-state index in [1.165, 1.54) is 29.0 Å². The number of hydrogen-bond acceptors (Lipinski definition) is 6. The van der Waals surface area contributed by atoms with Crippen molar-refractivity contribution in [2.75, 3.05) is 40.4 Å². The van der Waals surface area contributed by atoms with Crippen LogP contribution >= 0.6 is 0 Å². The van der Waals surface area contributed by atoms with Crippen LogP contribution in [0.25, 0.3) is 0 Å². The Labute approximate surface area is 233 Å². The normalized spacial score (nSPS) is 18.6. The summed E-state index contributed by atoms with van der Waals surface area (Å²) in [6, 6.07) is 10.4. The minimum atomic E-state index is -1.24. The van der Waals surface area contributed by atoms with Crippen LogP contribution in [0.15, 0.2) is 48.5 Å². The lowest BCUT2D eigenvalue weighted by molar-refractivity contribution is -0.137. The molecular formula is C29H37FN4O6. The van der Waals surface area contributed by atoms with Gasteiger partial charge in [0.15, 0.2) is 11.6 Å². The van der Waals surface area contributed by atoms with Crippen molar-refractivity contribution in [3.05, 3.63) is 59.9 Å². The number of halogens is 1. The van der Waals surface area contributed by atoms with Crippen molar-refractivity contribution in [1.29, 1.82) is 0 Å². The number of carbonyl (C=O) groups is 4. The standard InChI is InChI=1S/C29H37FN4O6/c1-19(2)17-22-28(37)33(3)13-15-39-24-11-7-5-9-20(24)27(36)32-23(18-26(35)31-22)29(38)34(4)14-16-40-25-12-8-6-10-21(25)30/h5-12,19,22-23H,13-18H2,1-4H3,(H,31,35)(H,32,36)/t22-,23-/m0/s1. The van der Waals surface area contributed by atoms with E-state index in [1.54, 1.807) is 43.4 Å². The lowest BCUT2D eigenvalue weighted by Crippen LogP contribution is -2.53. The molecule has 0 aromatic heterocycles. The topological polar surface area (TPSA) is 117 Å². The molecule has 0 fully saturated rings. The second kappa shape index (κ2) is 14.3. The number of nitrogens with one attached hydrogen (secondary N) is 2. The number of amides is 4. The molecule has 0 saturated heterocycles. The predicted molar refractivity (Wildman–Crippen MR) is 146 cm³/mol. The Morgan fingerprint density at radius 1 is 1.12 bits per heavy atom. The fourth-order valence-corrected chi connectivity index (χ4v) is 4.25. The zero-order valence-corrected chi connectivity index (χ0v) is 23.3. The second-order valence-corrected chi connectivity index (χ2v) is 10.1. The van der Waals surface area contributed by atoms with Gasteiger partial charge < -0.3 is 29.9 Å². The van der Waals surface area contributed by atoms with Crippen LogP contribution in [0, 0.1) is 11.7 Å². The average Bonchev–Trinajstić information content (AvgIpc) is 2.91. The third kappa shape index (κ3) is 8.42. The van der Waals surface area contributed by atoms with E-state index in [1.807, 2.05) is 13.8 Å². The van der Waals surface area contributed by atoms with Crippen LogP contribution in [0.4, 0.5) is 4.39 Å². The molecule has 0 aliphatic carbocycles. The maximum absolute atomic E-state index is 13.9. The SMILES string of the molecule is CC(C)C[C@@H]1NC(=O)C[C@@H](C(=O)N(C)CCOc2ccccc2F)NC(=O)c2ccccc2OCCN(C)C1=O. The number of rotatable bonds is 7. The summed E-state index contributed by atoms with van der Waals surface area (Å²) in [4.78, 5) is 55.7. The zero-order valence-electron chi connectivity index (χ0n) is 23.3. The monoisotopic (exact) mass is 556 g/mol. The van der Waals surface area contributed by atoms with Crippen LogP contribution in [0.5, 0.6) is 11.5 Å². The molecule has 2 aromatic carbocycles. The van der Waals surface area contributed by atoms with E-state index in [-0.39, 0.29) is 49.4 Å². The first-order valence-corrected chi connectivity index (χ1v) is 13.3. The van der Waals surface area contributed by atoms with E-state index in [4.69, 9.17) is 9.47 Å². The fraction of sp³-hybridized carbons (Fsp3) is 0.448. The van der Waals surface area contributed by atoms with Crippen molar-refractivity contribution in [2.24, 2.45) is 5.92 Å². The fourth-order valence-electron chi connectivity index (χ4n) is 4.25. The van der Waals surface area contributed by atoms with Crippen LogP contribution in [0.1, 0.15) is 37.0 Å². The molecule has 3 rings (SSSR count). The van der Waals surface area contributed by atoms with Crippen LogP contribution in [0.3, 0.4) is 0 Å². The number of ether oxygens (including phenoxy) is 2. The van der Waals surface area contributed by atoms with Gasteiger partial charge in [-0.05, 0) is 36.6 Å². The molecule has 216 valence electrons. The van der Waals surface area contributed by atoms with Crippen molar-refractivity contribution < 1.29 is 33.0 Å². The number of nitrogens with zero attached hydrogens (tertiary/aromatic N) is 2. The Morgan fingerprint density at radius 2 is 1.82 bits per heavy atom. The molecule has 2 aromatic rings. The van der Waals surface area contributed by atoms with Crippen LogP contribution in [-0.2, 0) is 14.4 Å². The zero-order chi connectivity index (χ0) is 29.2. The lowest BCUT2D eigenvalue weighted by atomic mass is 10.0. The summed E-state index contributed by atoms with van der Waals surface area (Å²) in [6.45, 7) is 4.32. The van der Waals surface area contributed by atoms with E-state index >= 15 is 0 Å². The Balaban J connectivity index is 1.82. The number of carbonyl (C=O) groups excluding carboxylic acids is 4. The number of likely N-dealkylation sites (N-methyl/N-ethyl adjacent to an activating group) is 2. The summed E-state index contributed by atoms with van der Waals surface area (Å²) in [7, 11) is 3.12. The summed E-state index contributed by atoms with van der Waals surface area (Å²) >= 11 is 0. The lowest BCUT2D eigenvalue weighted by Gasteiger charge is -2.28. The van der Waals surface area contributed by atoms with Gasteiger partial charge in [0.2, 0.25) is 17.7 Å². The number of fused-ring (bicyclic) bond motifs is 1. The molecule has 2 atom stereocenters. The smallest absolute Gasteiger partial charge is 0.255 e. The number of para-hydroxylation sites is 2. The van der Waals surface area contributed by atoms with Crippen LogP contribution in [-0.4, -0.2) is 85.9 Å². The van der Waals surface area contributed by atoms with E-state index in [0.717, 1.165) is 0 Å². The van der Waals surface area contributed by atoms with Crippen LogP contribution < -0.4 is 20.1 Å². The van der Waals surface area contributed by atoms with Crippen molar-refractivity contribution in [3.8, 4) is 11.5 Å². The maximum atomic E-state index is 13.9. The molecule has 0 bridgehead atoms. The van der Waals surface area contributed by atoms with Gasteiger partial charge >= 0.3 is 0 Å². The largest absolute Gasteiger partial charge is 0.491 e. The van der Waals surface area contributed by atoms with Gasteiger partial charge in [0.05, 0.1) is 25.1 Å². The Hall–Kier alpha value is -4.15. The third-order valence-electron chi connectivity index (χ3n) is 6.42. The molecule has 0 radical (unpaired) electrons. The highest BCUT2D eigenvalue weighted by Crippen LogP contribution is 2.19. The molecule has 40 heavy (non-hydrogen) atoms. The van der Waals surface area contributed by atoms with E-state index in [2.05, 4.69) is 10.6 Å². The highest BCUT2D eigenvalue weighted by molar-refractivity contribution is 6.01. The highest BCUT2D eigenvalue weighted by Gasteiger charge is 2.31. The molecular weight excluding hydrogens is 519 g/mol. The maximum Gasteiger partial charge on any atom is 0.255 e. The summed E-state index contributed by atoms with van der Waals surface area (Å²) < 4.78 is 25.1. The molecule has 0 saturated carbocycles. The molecule has 1 aliphatic heterocycles. The molecule has 1 aliphatic rings. The van der Waals surface area contributed by atoms with Gasteiger partial charge in [-0.3, -0.25) is 19.2 Å². The van der Waals surface area contributed by atoms with Gasteiger partial charge in [-0.15, -0.1) is 0 Å².